The fourth-order valence-corrected chi connectivity index (χ4v) is 3.16. The summed E-state index contributed by atoms with van der Waals surface area (Å²) in [6.45, 7) is 2.64. The van der Waals surface area contributed by atoms with Crippen LogP contribution in [0.1, 0.15) is 24.1 Å². The summed E-state index contributed by atoms with van der Waals surface area (Å²) in [5.41, 5.74) is 3.26. The smallest absolute Gasteiger partial charge is 0.226 e. The van der Waals surface area contributed by atoms with Crippen LogP contribution in [-0.2, 0) is 0 Å². The van der Waals surface area contributed by atoms with E-state index in [0.29, 0.717) is 6.61 Å². The van der Waals surface area contributed by atoms with Gasteiger partial charge in [-0.25, -0.2) is 4.68 Å². The summed E-state index contributed by atoms with van der Waals surface area (Å²) in [7, 11) is 0. The van der Waals surface area contributed by atoms with E-state index in [1.165, 1.54) is 0 Å². The molecule has 1 N–H and O–H groups in total. The maximum Gasteiger partial charge on any atom is 0.226 e. The highest BCUT2D eigenvalue weighted by Gasteiger charge is 2.23. The van der Waals surface area contributed by atoms with Crippen LogP contribution in [0.25, 0.3) is 5.70 Å². The molecule has 126 valence electrons. The minimum absolute atomic E-state index is 0.0203. The summed E-state index contributed by atoms with van der Waals surface area (Å²) in [5, 5.41) is 7.73. The highest BCUT2D eigenvalue weighted by Crippen LogP contribution is 2.32. The second-order valence-electron chi connectivity index (χ2n) is 5.69. The fraction of sp³-hybridized carbons (Fsp3) is 0.158. The summed E-state index contributed by atoms with van der Waals surface area (Å²) in [5.74, 6) is 1.61. The Labute approximate surface area is 154 Å². The van der Waals surface area contributed by atoms with E-state index in [4.69, 9.17) is 4.74 Å². The van der Waals surface area contributed by atoms with Gasteiger partial charge in [0.15, 0.2) is 0 Å². The molecule has 1 aliphatic rings. The molecule has 0 spiro atoms. The van der Waals surface area contributed by atoms with Crippen LogP contribution in [0.4, 0.5) is 5.95 Å². The number of hydrogen-bond donors (Lipinski definition) is 1. The lowest BCUT2D eigenvalue weighted by Gasteiger charge is -2.24. The zero-order valence-corrected chi connectivity index (χ0v) is 15.3. The van der Waals surface area contributed by atoms with Gasteiger partial charge in [0.2, 0.25) is 5.95 Å². The van der Waals surface area contributed by atoms with E-state index in [0.717, 1.165) is 33.0 Å². The third kappa shape index (κ3) is 3.17. The predicted octanol–water partition coefficient (Wildman–Crippen LogP) is 4.50. The van der Waals surface area contributed by atoms with Gasteiger partial charge < -0.3 is 10.1 Å². The molecule has 0 fully saturated rings. The van der Waals surface area contributed by atoms with Crippen LogP contribution < -0.4 is 10.1 Å². The molecule has 0 amide bonds. The average Bonchev–Trinajstić information content (AvgIpc) is 3.11. The van der Waals surface area contributed by atoms with Crippen molar-refractivity contribution in [2.75, 3.05) is 11.9 Å². The molecule has 5 nitrogen and oxygen atoms in total. The Balaban J connectivity index is 1.73. The maximum absolute atomic E-state index is 5.54. The summed E-state index contributed by atoms with van der Waals surface area (Å²) < 4.78 is 8.48. The van der Waals surface area contributed by atoms with Crippen molar-refractivity contribution in [2.45, 2.75) is 13.0 Å². The third-order valence-electron chi connectivity index (χ3n) is 4.10. The number of fused-ring (bicyclic) bond motifs is 1. The average molecular weight is 397 g/mol. The van der Waals surface area contributed by atoms with Gasteiger partial charge in [-0.1, -0.05) is 40.2 Å². The third-order valence-corrected chi connectivity index (χ3v) is 4.62. The van der Waals surface area contributed by atoms with E-state index < -0.39 is 0 Å². The molecule has 1 unspecified atom stereocenters. The quantitative estimate of drug-likeness (QED) is 0.705. The Morgan fingerprint density at radius 3 is 2.60 bits per heavy atom. The van der Waals surface area contributed by atoms with E-state index in [9.17, 15) is 0 Å². The summed E-state index contributed by atoms with van der Waals surface area (Å²) in [6.07, 6.45) is 3.74. The molecule has 25 heavy (non-hydrogen) atoms. The second-order valence-corrected chi connectivity index (χ2v) is 6.60. The van der Waals surface area contributed by atoms with Crippen molar-refractivity contribution >= 4 is 27.6 Å². The first kappa shape index (κ1) is 15.9. The lowest BCUT2D eigenvalue weighted by molar-refractivity contribution is 0.340. The first-order chi connectivity index (χ1) is 12.2. The van der Waals surface area contributed by atoms with Crippen molar-refractivity contribution in [1.82, 2.24) is 14.8 Å². The Morgan fingerprint density at radius 1 is 1.12 bits per heavy atom. The molecule has 1 atom stereocenters. The Morgan fingerprint density at radius 2 is 1.88 bits per heavy atom. The molecule has 0 radical (unpaired) electrons. The lowest BCUT2D eigenvalue weighted by Crippen LogP contribution is -2.20. The number of aromatic nitrogens is 3. The van der Waals surface area contributed by atoms with Crippen LogP contribution in [-0.4, -0.2) is 21.4 Å². The molecular weight excluding hydrogens is 380 g/mol. The van der Waals surface area contributed by atoms with Crippen molar-refractivity contribution in [3.8, 4) is 5.75 Å². The van der Waals surface area contributed by atoms with E-state index in [2.05, 4.69) is 61.7 Å². The molecule has 0 saturated heterocycles. The molecule has 4 rings (SSSR count). The number of allylic oxidation sites excluding steroid dienone is 1. The monoisotopic (exact) mass is 396 g/mol. The molecule has 0 aliphatic carbocycles. The zero-order valence-electron chi connectivity index (χ0n) is 13.7. The van der Waals surface area contributed by atoms with E-state index in [1.54, 1.807) is 6.33 Å². The second kappa shape index (κ2) is 6.72. The molecule has 2 aromatic carbocycles. The van der Waals surface area contributed by atoms with Crippen molar-refractivity contribution in [3.05, 3.63) is 76.5 Å². The van der Waals surface area contributed by atoms with Gasteiger partial charge in [-0.2, -0.15) is 10.1 Å². The van der Waals surface area contributed by atoms with Gasteiger partial charge in [0.1, 0.15) is 18.1 Å². The summed E-state index contributed by atoms with van der Waals surface area (Å²) in [6, 6.07) is 16.3. The van der Waals surface area contributed by atoms with E-state index in [-0.39, 0.29) is 6.04 Å². The molecule has 1 aliphatic heterocycles. The van der Waals surface area contributed by atoms with Gasteiger partial charge >= 0.3 is 0 Å². The molecule has 6 heteroatoms. The lowest BCUT2D eigenvalue weighted by atomic mass is 10.0. The van der Waals surface area contributed by atoms with Crippen LogP contribution in [0.2, 0.25) is 0 Å². The molecule has 2 heterocycles. The van der Waals surface area contributed by atoms with Crippen molar-refractivity contribution < 1.29 is 4.74 Å². The van der Waals surface area contributed by atoms with Crippen molar-refractivity contribution in [1.29, 1.82) is 0 Å². The molecule has 1 aromatic heterocycles. The van der Waals surface area contributed by atoms with Gasteiger partial charge in [0, 0.05) is 10.2 Å². The number of rotatable bonds is 4. The van der Waals surface area contributed by atoms with Crippen LogP contribution in [0.5, 0.6) is 5.75 Å². The van der Waals surface area contributed by atoms with Crippen molar-refractivity contribution in [3.63, 3.8) is 0 Å². The summed E-state index contributed by atoms with van der Waals surface area (Å²) in [4.78, 5) is 4.34. The predicted molar refractivity (Wildman–Crippen MR) is 102 cm³/mol. The Hall–Kier alpha value is -2.60. The SMILES string of the molecule is CCOc1ccc(C2C=C(c3ccc(Br)cc3)Nc3ncnn32)cc1. The van der Waals surface area contributed by atoms with Crippen molar-refractivity contribution in [2.24, 2.45) is 0 Å². The first-order valence-electron chi connectivity index (χ1n) is 8.11. The highest BCUT2D eigenvalue weighted by molar-refractivity contribution is 9.10. The van der Waals surface area contributed by atoms with Gasteiger partial charge in [0.25, 0.3) is 0 Å². The van der Waals surface area contributed by atoms with Gasteiger partial charge in [0.05, 0.1) is 6.61 Å². The fourth-order valence-electron chi connectivity index (χ4n) is 2.90. The van der Waals surface area contributed by atoms with Gasteiger partial charge in [-0.05, 0) is 48.4 Å². The number of benzene rings is 2. The largest absolute Gasteiger partial charge is 0.494 e. The van der Waals surface area contributed by atoms with E-state index in [1.807, 2.05) is 35.9 Å². The topological polar surface area (TPSA) is 52.0 Å². The number of halogens is 1. The maximum atomic E-state index is 5.54. The number of nitrogens with one attached hydrogen (secondary N) is 1. The first-order valence-corrected chi connectivity index (χ1v) is 8.91. The standard InChI is InChI=1S/C19H17BrN4O/c1-2-25-16-9-5-14(6-10-16)18-11-17(13-3-7-15(20)8-4-13)23-19-21-12-22-24(18)19/h3-12,18H,2H2,1H3,(H,21,22,23). The molecule has 3 aromatic rings. The molecule has 0 saturated carbocycles. The number of ether oxygens (including phenoxy) is 1. The summed E-state index contributed by atoms with van der Waals surface area (Å²) >= 11 is 3.48. The number of hydrogen-bond acceptors (Lipinski definition) is 4. The normalized spacial score (nSPS) is 15.9. The van der Waals surface area contributed by atoms with E-state index >= 15 is 0 Å². The molecular formula is C19H17BrN4O. The number of nitrogens with zero attached hydrogens (tertiary/aromatic N) is 3. The highest BCUT2D eigenvalue weighted by atomic mass is 79.9. The van der Waals surface area contributed by atoms with Crippen LogP contribution >= 0.6 is 15.9 Å². The minimum Gasteiger partial charge on any atom is -0.494 e. The number of anilines is 1. The van der Waals surface area contributed by atoms with Gasteiger partial charge in [-0.15, -0.1) is 0 Å². The Kier molecular flexibility index (Phi) is 4.28. The minimum atomic E-state index is -0.0203. The van der Waals surface area contributed by atoms with Gasteiger partial charge in [-0.3, -0.25) is 0 Å². The van der Waals surface area contributed by atoms with Crippen LogP contribution in [0, 0.1) is 0 Å². The zero-order chi connectivity index (χ0) is 17.2. The Bertz CT molecular complexity index is 900. The molecule has 0 bridgehead atoms. The van der Waals surface area contributed by atoms with Crippen LogP contribution in [0.3, 0.4) is 0 Å². The van der Waals surface area contributed by atoms with Crippen LogP contribution in [0.15, 0.2) is 65.4 Å².